The highest BCUT2D eigenvalue weighted by Gasteiger charge is 2.22. The second-order valence-electron chi connectivity index (χ2n) is 5.87. The van der Waals surface area contributed by atoms with Gasteiger partial charge in [-0.2, -0.15) is 8.42 Å². The molecule has 0 saturated carbocycles. The number of anilines is 2. The van der Waals surface area contributed by atoms with Crippen molar-refractivity contribution in [1.29, 1.82) is 0 Å². The number of carbonyl (C=O) groups excluding carboxylic acids is 1. The molecule has 12 heteroatoms. The standard InChI is InChI=1S/C18H14N4O7S/c23-15(12-6-8-14(9-7-12)22(25)26)11-29-30(27,28)18-20-16(10-17(24)21-18)19-13-4-2-1-3-5-13/h1-10H,11H2,(H2,19,20,21,24). The zero-order chi connectivity index (χ0) is 21.7. The predicted molar refractivity (Wildman–Crippen MR) is 105 cm³/mol. The average molecular weight is 430 g/mol. The van der Waals surface area contributed by atoms with Gasteiger partial charge in [-0.3, -0.25) is 28.9 Å². The summed E-state index contributed by atoms with van der Waals surface area (Å²) in [4.78, 5) is 39.8. The van der Waals surface area contributed by atoms with Gasteiger partial charge >= 0.3 is 10.1 Å². The monoisotopic (exact) mass is 430 g/mol. The first-order valence-electron chi connectivity index (χ1n) is 8.35. The lowest BCUT2D eigenvalue weighted by Gasteiger charge is -2.08. The van der Waals surface area contributed by atoms with Crippen molar-refractivity contribution in [2.75, 3.05) is 11.9 Å². The lowest BCUT2D eigenvalue weighted by molar-refractivity contribution is -0.384. The Morgan fingerprint density at radius 2 is 1.80 bits per heavy atom. The predicted octanol–water partition coefficient (Wildman–Crippen LogP) is 2.01. The molecule has 0 amide bonds. The summed E-state index contributed by atoms with van der Waals surface area (Å²) >= 11 is 0. The van der Waals surface area contributed by atoms with Crippen LogP contribution in [-0.2, 0) is 14.3 Å². The third kappa shape index (κ3) is 5.12. The Balaban J connectivity index is 1.74. The van der Waals surface area contributed by atoms with Crippen LogP contribution in [0.15, 0.2) is 70.6 Å². The maximum atomic E-state index is 12.3. The molecule has 0 atom stereocenters. The first kappa shape index (κ1) is 20.8. The van der Waals surface area contributed by atoms with E-state index in [0.29, 0.717) is 5.69 Å². The third-order valence-electron chi connectivity index (χ3n) is 3.75. The first-order valence-corrected chi connectivity index (χ1v) is 9.76. The highest BCUT2D eigenvalue weighted by molar-refractivity contribution is 7.86. The fourth-order valence-electron chi connectivity index (χ4n) is 2.33. The Morgan fingerprint density at radius 1 is 1.13 bits per heavy atom. The Labute approximate surface area is 169 Å². The van der Waals surface area contributed by atoms with Crippen molar-refractivity contribution >= 4 is 33.1 Å². The summed E-state index contributed by atoms with van der Waals surface area (Å²) in [6, 6.07) is 14.3. The summed E-state index contributed by atoms with van der Waals surface area (Å²) in [6.45, 7) is -0.875. The normalized spacial score (nSPS) is 11.1. The molecule has 30 heavy (non-hydrogen) atoms. The quantitative estimate of drug-likeness (QED) is 0.179. The van der Waals surface area contributed by atoms with Crippen LogP contribution >= 0.6 is 0 Å². The first-order chi connectivity index (χ1) is 14.2. The van der Waals surface area contributed by atoms with Crippen LogP contribution in [0.25, 0.3) is 0 Å². The lowest BCUT2D eigenvalue weighted by Crippen LogP contribution is -2.20. The summed E-state index contributed by atoms with van der Waals surface area (Å²) < 4.78 is 29.4. The van der Waals surface area contributed by atoms with Gasteiger partial charge < -0.3 is 5.32 Å². The van der Waals surface area contributed by atoms with Gasteiger partial charge in [0, 0.05) is 29.4 Å². The van der Waals surface area contributed by atoms with Crippen LogP contribution in [0.3, 0.4) is 0 Å². The Morgan fingerprint density at radius 3 is 2.43 bits per heavy atom. The third-order valence-corrected chi connectivity index (χ3v) is 4.84. The van der Waals surface area contributed by atoms with E-state index in [2.05, 4.69) is 15.3 Å². The van der Waals surface area contributed by atoms with E-state index < -0.39 is 38.1 Å². The number of para-hydroxylation sites is 1. The molecule has 0 aliphatic carbocycles. The summed E-state index contributed by atoms with van der Waals surface area (Å²) in [5.41, 5.74) is -0.359. The zero-order valence-electron chi connectivity index (χ0n) is 15.1. The highest BCUT2D eigenvalue weighted by Crippen LogP contribution is 2.16. The average Bonchev–Trinajstić information content (AvgIpc) is 2.72. The molecule has 0 unspecified atom stereocenters. The molecule has 0 fully saturated rings. The molecule has 0 aliphatic rings. The van der Waals surface area contributed by atoms with Gasteiger partial charge in [-0.25, -0.2) is 4.98 Å². The number of nitro benzene ring substituents is 1. The minimum absolute atomic E-state index is 0.0248. The van der Waals surface area contributed by atoms with Crippen molar-refractivity contribution in [3.05, 3.63) is 86.7 Å². The molecule has 2 N–H and O–H groups in total. The molecule has 1 heterocycles. The number of Topliss-reactive ketones (excluding diaryl/α,β-unsaturated/α-hetero) is 1. The van der Waals surface area contributed by atoms with Crippen molar-refractivity contribution in [2.24, 2.45) is 0 Å². The van der Waals surface area contributed by atoms with Crippen LogP contribution in [0, 0.1) is 10.1 Å². The fraction of sp³-hybridized carbons (Fsp3) is 0.0556. The van der Waals surface area contributed by atoms with E-state index in [-0.39, 0.29) is 17.1 Å². The van der Waals surface area contributed by atoms with Crippen molar-refractivity contribution in [3.63, 3.8) is 0 Å². The molecular weight excluding hydrogens is 416 g/mol. The number of aromatic amines is 1. The van der Waals surface area contributed by atoms with Crippen LogP contribution < -0.4 is 10.9 Å². The van der Waals surface area contributed by atoms with Gasteiger partial charge in [0.25, 0.3) is 16.4 Å². The number of ketones is 1. The van der Waals surface area contributed by atoms with E-state index in [9.17, 15) is 28.1 Å². The van der Waals surface area contributed by atoms with Gasteiger partial charge in [0.05, 0.1) is 4.92 Å². The SMILES string of the molecule is O=C(COS(=O)(=O)c1nc(Nc2ccccc2)cc(=O)[nH]1)c1ccc([N+](=O)[O-])cc1. The molecule has 2 aromatic carbocycles. The van der Waals surface area contributed by atoms with E-state index in [4.69, 9.17) is 4.18 Å². The number of hydrogen-bond acceptors (Lipinski definition) is 9. The molecule has 154 valence electrons. The van der Waals surface area contributed by atoms with E-state index in [1.54, 1.807) is 30.3 Å². The minimum atomic E-state index is -4.56. The number of benzene rings is 2. The zero-order valence-corrected chi connectivity index (χ0v) is 16.0. The van der Waals surface area contributed by atoms with Gasteiger partial charge in [-0.05, 0) is 24.3 Å². The molecule has 0 bridgehead atoms. The van der Waals surface area contributed by atoms with Crippen LogP contribution in [0.2, 0.25) is 0 Å². The minimum Gasteiger partial charge on any atom is -0.340 e. The van der Waals surface area contributed by atoms with Crippen molar-refractivity contribution < 1.29 is 22.3 Å². The van der Waals surface area contributed by atoms with Crippen molar-refractivity contribution in [1.82, 2.24) is 9.97 Å². The topological polar surface area (TPSA) is 161 Å². The Kier molecular flexibility index (Phi) is 5.99. The largest absolute Gasteiger partial charge is 0.340 e. The summed E-state index contributed by atoms with van der Waals surface area (Å²) in [7, 11) is -4.56. The number of H-pyrrole nitrogens is 1. The maximum absolute atomic E-state index is 12.3. The summed E-state index contributed by atoms with van der Waals surface area (Å²) in [5, 5.41) is 12.7. The molecule has 0 spiro atoms. The molecule has 3 rings (SSSR count). The number of nitro groups is 1. The number of carbonyl (C=O) groups is 1. The van der Waals surface area contributed by atoms with Gasteiger partial charge in [-0.15, -0.1) is 0 Å². The number of non-ortho nitro benzene ring substituents is 1. The molecule has 0 radical (unpaired) electrons. The number of hydrogen-bond donors (Lipinski definition) is 2. The highest BCUT2D eigenvalue weighted by atomic mass is 32.2. The van der Waals surface area contributed by atoms with Crippen LogP contribution in [0.1, 0.15) is 10.4 Å². The van der Waals surface area contributed by atoms with Gasteiger partial charge in [0.1, 0.15) is 12.4 Å². The summed E-state index contributed by atoms with van der Waals surface area (Å²) in [6.07, 6.45) is 0. The Hall–Kier alpha value is -3.90. The van der Waals surface area contributed by atoms with E-state index in [1.807, 2.05) is 0 Å². The van der Waals surface area contributed by atoms with Crippen molar-refractivity contribution in [3.8, 4) is 0 Å². The van der Waals surface area contributed by atoms with Crippen LogP contribution in [-0.4, -0.2) is 35.7 Å². The number of rotatable bonds is 8. The molecular formula is C18H14N4O7S. The molecule has 3 aromatic rings. The van der Waals surface area contributed by atoms with Crippen molar-refractivity contribution in [2.45, 2.75) is 5.16 Å². The molecule has 0 aliphatic heterocycles. The molecule has 11 nitrogen and oxygen atoms in total. The summed E-state index contributed by atoms with van der Waals surface area (Å²) in [5.74, 6) is -0.761. The molecule has 0 saturated heterocycles. The second kappa shape index (κ2) is 8.63. The number of aromatic nitrogens is 2. The van der Waals surface area contributed by atoms with Gasteiger partial charge in [0.15, 0.2) is 5.78 Å². The van der Waals surface area contributed by atoms with E-state index in [1.165, 1.54) is 12.1 Å². The van der Waals surface area contributed by atoms with Gasteiger partial charge in [0.2, 0.25) is 0 Å². The lowest BCUT2D eigenvalue weighted by atomic mass is 10.1. The maximum Gasteiger partial charge on any atom is 0.331 e. The van der Waals surface area contributed by atoms with Gasteiger partial charge in [-0.1, -0.05) is 18.2 Å². The molecule has 1 aromatic heterocycles. The van der Waals surface area contributed by atoms with E-state index in [0.717, 1.165) is 18.2 Å². The van der Waals surface area contributed by atoms with Crippen LogP contribution in [0.4, 0.5) is 17.2 Å². The number of nitrogens with one attached hydrogen (secondary N) is 2. The van der Waals surface area contributed by atoms with E-state index >= 15 is 0 Å². The second-order valence-corrected chi connectivity index (χ2v) is 7.40. The Bertz CT molecular complexity index is 1240. The number of nitrogens with zero attached hydrogens (tertiary/aromatic N) is 2. The smallest absolute Gasteiger partial charge is 0.331 e. The van der Waals surface area contributed by atoms with Crippen LogP contribution in [0.5, 0.6) is 0 Å². The fourth-order valence-corrected chi connectivity index (χ4v) is 3.14.